The highest BCUT2D eigenvalue weighted by atomic mass is 32.2. The average Bonchev–Trinajstić information content (AvgIpc) is 2.16. The maximum atomic E-state index is 11.5. The van der Waals surface area contributed by atoms with Gasteiger partial charge in [0.15, 0.2) is 9.84 Å². The highest BCUT2D eigenvalue weighted by Crippen LogP contribution is 2.04. The molecule has 0 aromatic rings. The minimum atomic E-state index is -2.95. The molecule has 0 aromatic carbocycles. The highest BCUT2D eigenvalue weighted by Gasteiger charge is 2.25. The van der Waals surface area contributed by atoms with Crippen molar-refractivity contribution in [3.05, 3.63) is 0 Å². The zero-order valence-corrected chi connectivity index (χ0v) is 10.5. The second-order valence-electron chi connectivity index (χ2n) is 4.17. The molecule has 1 amide bonds. The summed E-state index contributed by atoms with van der Waals surface area (Å²) < 4.78 is 22.7. The van der Waals surface area contributed by atoms with Crippen LogP contribution >= 0.6 is 0 Å². The van der Waals surface area contributed by atoms with Gasteiger partial charge in [-0.25, -0.2) is 8.42 Å². The van der Waals surface area contributed by atoms with E-state index in [1.165, 1.54) is 0 Å². The van der Waals surface area contributed by atoms with Gasteiger partial charge >= 0.3 is 0 Å². The van der Waals surface area contributed by atoms with Crippen LogP contribution in [-0.4, -0.2) is 45.0 Å². The second kappa shape index (κ2) is 6.20. The number of rotatable bonds is 5. The second-order valence-corrected chi connectivity index (χ2v) is 6.40. The molecule has 5 nitrogen and oxygen atoms in total. The summed E-state index contributed by atoms with van der Waals surface area (Å²) in [6.45, 7) is 3.19. The normalized spacial score (nSPS) is 23.9. The predicted molar refractivity (Wildman–Crippen MR) is 63.0 cm³/mol. The quantitative estimate of drug-likeness (QED) is 0.654. The molecule has 1 atom stereocenters. The van der Waals surface area contributed by atoms with Gasteiger partial charge in [0.2, 0.25) is 5.91 Å². The van der Waals surface area contributed by atoms with Crippen LogP contribution in [0.2, 0.25) is 0 Å². The third-order valence-corrected chi connectivity index (χ3v) is 4.32. The molecular formula is C10H20N2O3S. The third kappa shape index (κ3) is 4.94. The SMILES string of the molecule is CCCCNC(=O)CC1CS(=O)(=O)CCN1. The van der Waals surface area contributed by atoms with Crippen molar-refractivity contribution in [3.8, 4) is 0 Å². The standard InChI is InChI=1S/C10H20N2O3S/c1-2-3-4-12-10(13)7-9-8-16(14,15)6-5-11-9/h9,11H,2-8H2,1H3,(H,12,13). The van der Waals surface area contributed by atoms with Crippen LogP contribution in [-0.2, 0) is 14.6 Å². The maximum Gasteiger partial charge on any atom is 0.221 e. The topological polar surface area (TPSA) is 75.3 Å². The van der Waals surface area contributed by atoms with Gasteiger partial charge in [-0.1, -0.05) is 13.3 Å². The van der Waals surface area contributed by atoms with Gasteiger partial charge in [0.05, 0.1) is 11.5 Å². The van der Waals surface area contributed by atoms with Crippen molar-refractivity contribution >= 4 is 15.7 Å². The van der Waals surface area contributed by atoms with E-state index in [2.05, 4.69) is 17.6 Å². The first-order chi connectivity index (χ1) is 7.53. The predicted octanol–water partition coefficient (Wildman–Crippen LogP) is -0.321. The molecule has 0 aliphatic carbocycles. The number of carbonyl (C=O) groups excluding carboxylic acids is 1. The Morgan fingerprint density at radius 3 is 2.88 bits per heavy atom. The number of nitrogens with one attached hydrogen (secondary N) is 2. The summed E-state index contributed by atoms with van der Waals surface area (Å²) in [6, 6.07) is -0.222. The molecule has 1 fully saturated rings. The molecule has 0 aromatic heterocycles. The molecule has 0 saturated carbocycles. The third-order valence-electron chi connectivity index (χ3n) is 2.59. The summed E-state index contributed by atoms with van der Waals surface area (Å²) >= 11 is 0. The molecule has 1 rings (SSSR count). The van der Waals surface area contributed by atoms with E-state index in [0.29, 0.717) is 13.1 Å². The fraction of sp³-hybridized carbons (Fsp3) is 0.900. The van der Waals surface area contributed by atoms with E-state index in [1.54, 1.807) is 0 Å². The van der Waals surface area contributed by atoms with Crippen molar-refractivity contribution in [1.29, 1.82) is 0 Å². The Morgan fingerprint density at radius 2 is 2.25 bits per heavy atom. The van der Waals surface area contributed by atoms with Crippen molar-refractivity contribution < 1.29 is 13.2 Å². The van der Waals surface area contributed by atoms with Crippen LogP contribution < -0.4 is 10.6 Å². The van der Waals surface area contributed by atoms with E-state index in [0.717, 1.165) is 12.8 Å². The monoisotopic (exact) mass is 248 g/mol. The summed E-state index contributed by atoms with van der Waals surface area (Å²) in [5.41, 5.74) is 0. The number of unbranched alkanes of at least 4 members (excludes halogenated alkanes) is 1. The molecule has 1 saturated heterocycles. The van der Waals surface area contributed by atoms with Crippen LogP contribution in [0.15, 0.2) is 0 Å². The van der Waals surface area contributed by atoms with Gasteiger partial charge in [-0.3, -0.25) is 4.79 Å². The summed E-state index contributed by atoms with van der Waals surface area (Å²) in [5, 5.41) is 5.84. The lowest BCUT2D eigenvalue weighted by molar-refractivity contribution is -0.121. The molecule has 6 heteroatoms. The first-order valence-corrected chi connectivity index (χ1v) is 7.56. The zero-order valence-electron chi connectivity index (χ0n) is 9.66. The fourth-order valence-corrected chi connectivity index (χ4v) is 3.14. The summed E-state index contributed by atoms with van der Waals surface area (Å²) in [6.07, 6.45) is 2.25. The van der Waals surface area contributed by atoms with Crippen LogP contribution in [0.25, 0.3) is 0 Å². The van der Waals surface area contributed by atoms with Crippen molar-refractivity contribution in [2.24, 2.45) is 0 Å². The highest BCUT2D eigenvalue weighted by molar-refractivity contribution is 7.91. The molecule has 94 valence electrons. The van der Waals surface area contributed by atoms with E-state index in [9.17, 15) is 13.2 Å². The summed E-state index contributed by atoms with van der Waals surface area (Å²) in [7, 11) is -2.95. The number of hydrogen-bond donors (Lipinski definition) is 2. The largest absolute Gasteiger partial charge is 0.356 e. The average molecular weight is 248 g/mol. The molecule has 1 aliphatic heterocycles. The molecule has 1 heterocycles. The van der Waals surface area contributed by atoms with Gasteiger partial charge in [0.1, 0.15) is 0 Å². The van der Waals surface area contributed by atoms with Gasteiger partial charge in [-0.2, -0.15) is 0 Å². The Labute approximate surface area is 96.9 Å². The van der Waals surface area contributed by atoms with Gasteiger partial charge in [-0.05, 0) is 6.42 Å². The van der Waals surface area contributed by atoms with E-state index in [1.807, 2.05) is 0 Å². The lowest BCUT2D eigenvalue weighted by atomic mass is 10.2. The molecular weight excluding hydrogens is 228 g/mol. The van der Waals surface area contributed by atoms with Crippen molar-refractivity contribution in [2.45, 2.75) is 32.2 Å². The number of carbonyl (C=O) groups is 1. The molecule has 1 aliphatic rings. The minimum absolute atomic E-state index is 0.0666. The van der Waals surface area contributed by atoms with Gasteiger partial charge < -0.3 is 10.6 Å². The summed E-state index contributed by atoms with van der Waals surface area (Å²) in [4.78, 5) is 11.5. The summed E-state index contributed by atoms with van der Waals surface area (Å²) in [5.74, 6) is 0.192. The van der Waals surface area contributed by atoms with Gasteiger partial charge in [0.25, 0.3) is 0 Å². The van der Waals surface area contributed by atoms with E-state index >= 15 is 0 Å². The van der Waals surface area contributed by atoms with Crippen LogP contribution in [0.5, 0.6) is 0 Å². The number of sulfone groups is 1. The molecule has 0 radical (unpaired) electrons. The Hall–Kier alpha value is -0.620. The van der Waals surface area contributed by atoms with Crippen LogP contribution in [0, 0.1) is 0 Å². The molecule has 16 heavy (non-hydrogen) atoms. The number of amides is 1. The first-order valence-electron chi connectivity index (χ1n) is 5.74. The lowest BCUT2D eigenvalue weighted by Crippen LogP contribution is -2.47. The Kier molecular flexibility index (Phi) is 5.21. The van der Waals surface area contributed by atoms with Gasteiger partial charge in [0, 0.05) is 25.6 Å². The minimum Gasteiger partial charge on any atom is -0.356 e. The fourth-order valence-electron chi connectivity index (χ4n) is 1.70. The molecule has 0 spiro atoms. The first kappa shape index (κ1) is 13.4. The van der Waals surface area contributed by atoms with Crippen LogP contribution in [0.3, 0.4) is 0 Å². The molecule has 2 N–H and O–H groups in total. The van der Waals surface area contributed by atoms with Crippen molar-refractivity contribution in [2.75, 3.05) is 24.6 Å². The molecule has 0 bridgehead atoms. The van der Waals surface area contributed by atoms with Gasteiger partial charge in [-0.15, -0.1) is 0 Å². The van der Waals surface area contributed by atoms with Crippen LogP contribution in [0.1, 0.15) is 26.2 Å². The smallest absolute Gasteiger partial charge is 0.221 e. The van der Waals surface area contributed by atoms with Crippen LogP contribution in [0.4, 0.5) is 0 Å². The van der Waals surface area contributed by atoms with E-state index < -0.39 is 9.84 Å². The van der Waals surface area contributed by atoms with E-state index in [-0.39, 0.29) is 29.9 Å². The number of hydrogen-bond acceptors (Lipinski definition) is 4. The van der Waals surface area contributed by atoms with Crippen molar-refractivity contribution in [1.82, 2.24) is 10.6 Å². The lowest BCUT2D eigenvalue weighted by Gasteiger charge is -2.23. The van der Waals surface area contributed by atoms with Crippen molar-refractivity contribution in [3.63, 3.8) is 0 Å². The van der Waals surface area contributed by atoms with E-state index in [4.69, 9.17) is 0 Å². The Balaban J connectivity index is 2.28. The Bertz CT molecular complexity index is 327. The Morgan fingerprint density at radius 1 is 1.50 bits per heavy atom. The molecule has 1 unspecified atom stereocenters. The maximum absolute atomic E-state index is 11.5. The zero-order chi connectivity index (χ0) is 12.0.